The van der Waals surface area contributed by atoms with Crippen LogP contribution < -0.4 is 10.6 Å². The van der Waals surface area contributed by atoms with Crippen LogP contribution in [-0.4, -0.2) is 60.6 Å². The van der Waals surface area contributed by atoms with Gasteiger partial charge in [0.2, 0.25) is 0 Å². The van der Waals surface area contributed by atoms with Gasteiger partial charge in [-0.05, 0) is 42.0 Å². The number of pyridine rings is 2. The van der Waals surface area contributed by atoms with Gasteiger partial charge >= 0.3 is 0 Å². The average molecular weight is 540 g/mol. The number of fused-ring (bicyclic) bond motifs is 1. The quantitative estimate of drug-likeness (QED) is 0.321. The molecular formula is C32H29N9. The van der Waals surface area contributed by atoms with Crippen molar-refractivity contribution in [1.82, 2.24) is 34.4 Å². The van der Waals surface area contributed by atoms with Crippen molar-refractivity contribution in [1.29, 1.82) is 0 Å². The highest BCUT2D eigenvalue weighted by molar-refractivity contribution is 5.84. The lowest BCUT2D eigenvalue weighted by molar-refractivity contribution is 0.249. The maximum atomic E-state index is 6.32. The first kappa shape index (κ1) is 24.9. The van der Waals surface area contributed by atoms with Gasteiger partial charge in [-0.3, -0.25) is 14.5 Å². The van der Waals surface area contributed by atoms with Crippen molar-refractivity contribution in [2.45, 2.75) is 6.54 Å². The Morgan fingerprint density at radius 2 is 1.56 bits per heavy atom. The zero-order valence-corrected chi connectivity index (χ0v) is 22.5. The molecule has 2 N–H and O–H groups in total. The van der Waals surface area contributed by atoms with E-state index in [9.17, 15) is 0 Å². The smallest absolute Gasteiger partial charge is 0.165 e. The van der Waals surface area contributed by atoms with E-state index in [2.05, 4.69) is 65.7 Å². The number of piperazine rings is 1. The molecule has 0 spiro atoms. The fourth-order valence-corrected chi connectivity index (χ4v) is 5.36. The minimum atomic E-state index is 0.435. The minimum Gasteiger partial charge on any atom is -0.383 e. The molecule has 0 saturated carbocycles. The predicted molar refractivity (Wildman–Crippen MR) is 161 cm³/mol. The number of anilines is 2. The van der Waals surface area contributed by atoms with Crippen LogP contribution in [0.5, 0.6) is 0 Å². The molecule has 7 rings (SSSR count). The number of hydrogen-bond acceptors (Lipinski definition) is 8. The Labute approximate surface area is 238 Å². The lowest BCUT2D eigenvalue weighted by atomic mass is 10.1. The van der Waals surface area contributed by atoms with Gasteiger partial charge in [0.05, 0.1) is 17.5 Å². The van der Waals surface area contributed by atoms with Crippen molar-refractivity contribution >= 4 is 22.8 Å². The Balaban J connectivity index is 1.19. The maximum Gasteiger partial charge on any atom is 0.165 e. The Morgan fingerprint density at radius 1 is 0.732 bits per heavy atom. The summed E-state index contributed by atoms with van der Waals surface area (Å²) in [4.78, 5) is 27.8. The van der Waals surface area contributed by atoms with Crippen molar-refractivity contribution in [3.63, 3.8) is 0 Å². The first-order chi connectivity index (χ1) is 20.2. The van der Waals surface area contributed by atoms with Crippen LogP contribution in [0.25, 0.3) is 39.5 Å². The molecule has 1 aliphatic rings. The van der Waals surface area contributed by atoms with Crippen molar-refractivity contribution < 1.29 is 0 Å². The highest BCUT2D eigenvalue weighted by Crippen LogP contribution is 2.32. The zero-order chi connectivity index (χ0) is 27.6. The molecule has 1 fully saturated rings. The molecule has 5 heterocycles. The van der Waals surface area contributed by atoms with Crippen molar-refractivity contribution in [3.8, 4) is 28.3 Å². The van der Waals surface area contributed by atoms with Crippen LogP contribution in [0.4, 0.5) is 11.6 Å². The second-order valence-corrected chi connectivity index (χ2v) is 10.1. The third-order valence-electron chi connectivity index (χ3n) is 7.50. The van der Waals surface area contributed by atoms with Crippen LogP contribution in [0, 0.1) is 0 Å². The molecule has 4 aromatic heterocycles. The van der Waals surface area contributed by atoms with E-state index in [4.69, 9.17) is 15.7 Å². The molecule has 0 bridgehead atoms. The van der Waals surface area contributed by atoms with E-state index in [1.807, 2.05) is 48.7 Å². The van der Waals surface area contributed by atoms with Crippen LogP contribution in [0.1, 0.15) is 5.56 Å². The number of imidazole rings is 1. The molecule has 1 saturated heterocycles. The highest BCUT2D eigenvalue weighted by Gasteiger charge is 2.20. The first-order valence-corrected chi connectivity index (χ1v) is 13.7. The standard InChI is InChI=1S/C32H29N9/c33-30-26(7-4-14-36-30)31-38-28-13-12-27(24-5-2-1-3-6-24)37-32(28)41(31)25-10-8-23(9-11-25)22-39-17-19-40(20-18-39)29-21-34-15-16-35-29/h1-16,21H,17-20,22H2,(H2,33,36). The molecule has 0 radical (unpaired) electrons. The Morgan fingerprint density at radius 3 is 2.32 bits per heavy atom. The molecule has 9 nitrogen and oxygen atoms in total. The van der Waals surface area contributed by atoms with Crippen LogP contribution in [0.3, 0.4) is 0 Å². The molecule has 2 aromatic carbocycles. The summed E-state index contributed by atoms with van der Waals surface area (Å²) in [6, 6.07) is 26.7. The van der Waals surface area contributed by atoms with Gasteiger partial charge in [0, 0.05) is 62.6 Å². The van der Waals surface area contributed by atoms with Crippen LogP contribution in [0.15, 0.2) is 104 Å². The molecular weight excluding hydrogens is 510 g/mol. The number of aromatic nitrogens is 6. The molecule has 0 aliphatic carbocycles. The summed E-state index contributed by atoms with van der Waals surface area (Å²) < 4.78 is 2.08. The fourth-order valence-electron chi connectivity index (χ4n) is 5.36. The third kappa shape index (κ3) is 4.99. The van der Waals surface area contributed by atoms with Gasteiger partial charge in [0.1, 0.15) is 17.2 Å². The van der Waals surface area contributed by atoms with E-state index in [0.717, 1.165) is 78.0 Å². The van der Waals surface area contributed by atoms with Gasteiger partial charge in [-0.2, -0.15) is 0 Å². The molecule has 0 amide bonds. The second-order valence-electron chi connectivity index (χ2n) is 10.1. The van der Waals surface area contributed by atoms with Crippen LogP contribution >= 0.6 is 0 Å². The molecule has 0 atom stereocenters. The van der Waals surface area contributed by atoms with Gasteiger partial charge in [-0.15, -0.1) is 0 Å². The lowest BCUT2D eigenvalue weighted by Crippen LogP contribution is -2.46. The molecule has 6 aromatic rings. The van der Waals surface area contributed by atoms with Gasteiger partial charge in [0.25, 0.3) is 0 Å². The topological polar surface area (TPSA) is 102 Å². The van der Waals surface area contributed by atoms with E-state index < -0.39 is 0 Å². The summed E-state index contributed by atoms with van der Waals surface area (Å²) in [5.74, 6) is 2.10. The highest BCUT2D eigenvalue weighted by atomic mass is 15.3. The van der Waals surface area contributed by atoms with Gasteiger partial charge in [-0.1, -0.05) is 42.5 Å². The van der Waals surface area contributed by atoms with E-state index in [1.165, 1.54) is 5.56 Å². The monoisotopic (exact) mass is 539 g/mol. The van der Waals surface area contributed by atoms with Gasteiger partial charge in [0.15, 0.2) is 11.5 Å². The summed E-state index contributed by atoms with van der Waals surface area (Å²) in [7, 11) is 0. The Kier molecular flexibility index (Phi) is 6.54. The van der Waals surface area contributed by atoms with Crippen LogP contribution in [-0.2, 0) is 6.54 Å². The summed E-state index contributed by atoms with van der Waals surface area (Å²) in [5.41, 5.74) is 12.8. The van der Waals surface area contributed by atoms with Gasteiger partial charge < -0.3 is 10.6 Å². The van der Waals surface area contributed by atoms with Crippen molar-refractivity contribution in [3.05, 3.63) is 109 Å². The van der Waals surface area contributed by atoms with Gasteiger partial charge in [-0.25, -0.2) is 19.9 Å². The molecule has 41 heavy (non-hydrogen) atoms. The Bertz CT molecular complexity index is 1780. The van der Waals surface area contributed by atoms with Crippen molar-refractivity contribution in [2.75, 3.05) is 36.8 Å². The zero-order valence-electron chi connectivity index (χ0n) is 22.5. The minimum absolute atomic E-state index is 0.435. The van der Waals surface area contributed by atoms with E-state index >= 15 is 0 Å². The lowest BCUT2D eigenvalue weighted by Gasteiger charge is -2.35. The van der Waals surface area contributed by atoms with Crippen LogP contribution in [0.2, 0.25) is 0 Å². The molecule has 202 valence electrons. The number of nitrogen functional groups attached to an aromatic ring is 1. The van der Waals surface area contributed by atoms with E-state index in [0.29, 0.717) is 5.82 Å². The summed E-state index contributed by atoms with van der Waals surface area (Å²) in [5, 5.41) is 0. The SMILES string of the molecule is Nc1ncccc1-c1nc2ccc(-c3ccccc3)nc2n1-c1ccc(CN2CCN(c3cnccn3)CC2)cc1. The molecule has 0 unspecified atom stereocenters. The summed E-state index contributed by atoms with van der Waals surface area (Å²) in [6.45, 7) is 4.70. The number of hydrogen-bond donors (Lipinski definition) is 1. The Hall–Kier alpha value is -5.15. The van der Waals surface area contributed by atoms with E-state index in [-0.39, 0.29) is 0 Å². The normalized spacial score (nSPS) is 14.0. The second kappa shape index (κ2) is 10.8. The fraction of sp³-hybridized carbons (Fsp3) is 0.156. The maximum absolute atomic E-state index is 6.32. The van der Waals surface area contributed by atoms with Crippen molar-refractivity contribution in [2.24, 2.45) is 0 Å². The largest absolute Gasteiger partial charge is 0.383 e. The average Bonchev–Trinajstić information content (AvgIpc) is 3.41. The number of benzene rings is 2. The summed E-state index contributed by atoms with van der Waals surface area (Å²) in [6.07, 6.45) is 6.99. The third-order valence-corrected chi connectivity index (χ3v) is 7.50. The summed E-state index contributed by atoms with van der Waals surface area (Å²) >= 11 is 0. The first-order valence-electron chi connectivity index (χ1n) is 13.7. The van der Waals surface area contributed by atoms with E-state index in [1.54, 1.807) is 18.6 Å². The predicted octanol–water partition coefficient (Wildman–Crippen LogP) is 4.84. The number of nitrogens with two attached hydrogens (primary N) is 1. The number of nitrogens with zero attached hydrogens (tertiary/aromatic N) is 8. The molecule has 9 heteroatoms. The molecule has 1 aliphatic heterocycles. The number of rotatable bonds is 6.